The summed E-state index contributed by atoms with van der Waals surface area (Å²) in [7, 11) is 4.10. The number of hydrogen-bond acceptors (Lipinski definition) is 9. The van der Waals surface area contributed by atoms with Gasteiger partial charge in [0.05, 0.1) is 39.2 Å². The first kappa shape index (κ1) is 25.9. The van der Waals surface area contributed by atoms with Crippen LogP contribution >= 0.6 is 0 Å². The summed E-state index contributed by atoms with van der Waals surface area (Å²) in [6.07, 6.45) is 1.39. The number of carbonyl (C=O) groups is 3. The van der Waals surface area contributed by atoms with Crippen LogP contribution in [0.15, 0.2) is 52.8 Å². The van der Waals surface area contributed by atoms with Crippen molar-refractivity contribution in [3.05, 3.63) is 58.8 Å². The minimum absolute atomic E-state index is 0.0118. The van der Waals surface area contributed by atoms with Crippen molar-refractivity contribution in [3.63, 3.8) is 0 Å². The van der Waals surface area contributed by atoms with Gasteiger partial charge in [-0.25, -0.2) is 15.0 Å². The number of phenols is 1. The monoisotopic (exact) mass is 498 g/mol. The van der Waals surface area contributed by atoms with Crippen molar-refractivity contribution in [3.8, 4) is 23.0 Å². The molecule has 0 spiro atoms. The maximum atomic E-state index is 12.3. The van der Waals surface area contributed by atoms with E-state index in [1.54, 1.807) is 37.3 Å². The van der Waals surface area contributed by atoms with Crippen molar-refractivity contribution in [1.82, 2.24) is 16.1 Å². The van der Waals surface area contributed by atoms with Gasteiger partial charge in [-0.15, -0.1) is 0 Å². The molecule has 3 amide bonds. The van der Waals surface area contributed by atoms with Gasteiger partial charge in [-0.3, -0.25) is 4.79 Å². The third kappa shape index (κ3) is 6.03. The third-order valence-corrected chi connectivity index (χ3v) is 5.16. The second kappa shape index (κ2) is 11.6. The lowest BCUT2D eigenvalue weighted by Gasteiger charge is -2.28. The Bertz CT molecular complexity index is 1220. The van der Waals surface area contributed by atoms with E-state index in [0.29, 0.717) is 16.8 Å². The number of amides is 3. The van der Waals surface area contributed by atoms with Crippen LogP contribution in [0.1, 0.15) is 24.1 Å². The van der Waals surface area contributed by atoms with Gasteiger partial charge in [0.2, 0.25) is 0 Å². The molecule has 0 saturated carbocycles. The molecule has 12 heteroatoms. The second-order valence-electron chi connectivity index (χ2n) is 7.49. The van der Waals surface area contributed by atoms with Gasteiger partial charge in [0.15, 0.2) is 29.6 Å². The van der Waals surface area contributed by atoms with E-state index in [-0.39, 0.29) is 35.2 Å². The number of methoxy groups -OCH3 is 3. The van der Waals surface area contributed by atoms with Gasteiger partial charge in [0.1, 0.15) is 0 Å². The van der Waals surface area contributed by atoms with Crippen LogP contribution in [-0.2, 0) is 14.3 Å². The van der Waals surface area contributed by atoms with Gasteiger partial charge in [0.25, 0.3) is 5.91 Å². The number of phenolic OH excluding ortho intramolecular Hbond substituents is 1. The van der Waals surface area contributed by atoms with Crippen molar-refractivity contribution in [1.29, 1.82) is 0 Å². The molecule has 0 fully saturated rings. The molecule has 4 N–H and O–H groups in total. The van der Waals surface area contributed by atoms with Crippen LogP contribution in [0, 0.1) is 0 Å². The molecule has 12 nitrogen and oxygen atoms in total. The summed E-state index contributed by atoms with van der Waals surface area (Å²) in [5.74, 6) is -0.300. The zero-order chi connectivity index (χ0) is 26.2. The van der Waals surface area contributed by atoms with E-state index in [4.69, 9.17) is 18.9 Å². The van der Waals surface area contributed by atoms with E-state index in [0.717, 1.165) is 0 Å². The van der Waals surface area contributed by atoms with Crippen LogP contribution in [0.25, 0.3) is 0 Å². The van der Waals surface area contributed by atoms with Crippen molar-refractivity contribution in [2.24, 2.45) is 5.10 Å². The zero-order valence-corrected chi connectivity index (χ0v) is 20.1. The highest BCUT2D eigenvalue weighted by Crippen LogP contribution is 2.34. The Morgan fingerprint density at radius 2 is 1.83 bits per heavy atom. The highest BCUT2D eigenvalue weighted by atomic mass is 16.5. The fourth-order valence-electron chi connectivity index (χ4n) is 3.44. The molecule has 0 aliphatic carbocycles. The molecule has 190 valence electrons. The van der Waals surface area contributed by atoms with E-state index in [9.17, 15) is 19.5 Å². The zero-order valence-electron chi connectivity index (χ0n) is 20.1. The first-order valence-corrected chi connectivity index (χ1v) is 10.6. The van der Waals surface area contributed by atoms with Crippen molar-refractivity contribution >= 4 is 24.1 Å². The standard InChI is InChI=1S/C24H26N4O8/c1-13-21(23(31)35-4)22(27-24(32)26-13)15-6-8-17(19(10-15)34-3)36-12-20(30)28-25-11-14-5-7-16(29)18(9-14)33-2/h5-11,22,29H,12H2,1-4H3,(H,28,30)(H2,26,27,32)/b25-11-/t22-/m1/s1. The molecule has 1 atom stereocenters. The maximum absolute atomic E-state index is 12.3. The lowest BCUT2D eigenvalue weighted by molar-refractivity contribution is -0.136. The first-order valence-electron chi connectivity index (χ1n) is 10.6. The number of carbonyl (C=O) groups excluding carboxylic acids is 3. The molecule has 1 aliphatic heterocycles. The quantitative estimate of drug-likeness (QED) is 0.231. The summed E-state index contributed by atoms with van der Waals surface area (Å²) in [5, 5.41) is 18.7. The molecule has 0 radical (unpaired) electrons. The highest BCUT2D eigenvalue weighted by molar-refractivity contribution is 5.95. The summed E-state index contributed by atoms with van der Waals surface area (Å²) in [4.78, 5) is 36.4. The van der Waals surface area contributed by atoms with Crippen molar-refractivity contribution in [2.75, 3.05) is 27.9 Å². The van der Waals surface area contributed by atoms with Gasteiger partial charge in [-0.05, 0) is 48.4 Å². The van der Waals surface area contributed by atoms with Gasteiger partial charge in [-0.1, -0.05) is 6.07 Å². The summed E-state index contributed by atoms with van der Waals surface area (Å²) in [6.45, 7) is 1.24. The molecule has 1 heterocycles. The summed E-state index contributed by atoms with van der Waals surface area (Å²) in [6, 6.07) is 8.16. The number of nitrogens with one attached hydrogen (secondary N) is 3. The van der Waals surface area contributed by atoms with Crippen LogP contribution in [0.3, 0.4) is 0 Å². The smallest absolute Gasteiger partial charge is 0.337 e. The van der Waals surface area contributed by atoms with Gasteiger partial charge in [0, 0.05) is 5.70 Å². The average Bonchev–Trinajstić information content (AvgIpc) is 2.87. The van der Waals surface area contributed by atoms with Crippen LogP contribution in [-0.4, -0.2) is 57.2 Å². The molecular weight excluding hydrogens is 472 g/mol. The van der Waals surface area contributed by atoms with E-state index in [1.807, 2.05) is 0 Å². The summed E-state index contributed by atoms with van der Waals surface area (Å²) < 4.78 is 20.8. The molecule has 0 bridgehead atoms. The number of rotatable bonds is 9. The minimum atomic E-state index is -0.773. The van der Waals surface area contributed by atoms with Crippen LogP contribution in [0.2, 0.25) is 0 Å². The average molecular weight is 498 g/mol. The Morgan fingerprint density at radius 1 is 1.08 bits per heavy atom. The molecule has 1 aliphatic rings. The number of aromatic hydroxyl groups is 1. The number of ether oxygens (including phenoxy) is 4. The molecule has 0 aromatic heterocycles. The normalized spacial score (nSPS) is 15.1. The number of allylic oxidation sites excluding steroid dienone is 1. The molecule has 0 saturated heterocycles. The SMILES string of the molecule is COC(=O)C1=C(C)NC(=O)N[C@@H]1c1ccc(OCC(=O)N/N=C\c2ccc(O)c(OC)c2)c(OC)c1. The number of nitrogens with zero attached hydrogens (tertiary/aromatic N) is 1. The Morgan fingerprint density at radius 3 is 2.53 bits per heavy atom. The lowest BCUT2D eigenvalue weighted by atomic mass is 9.95. The van der Waals surface area contributed by atoms with Crippen LogP contribution in [0.5, 0.6) is 23.0 Å². The largest absolute Gasteiger partial charge is 0.504 e. The topological polar surface area (TPSA) is 157 Å². The van der Waals surface area contributed by atoms with Gasteiger partial charge < -0.3 is 34.7 Å². The predicted octanol–water partition coefficient (Wildman–Crippen LogP) is 1.74. The molecule has 36 heavy (non-hydrogen) atoms. The Kier molecular flexibility index (Phi) is 8.34. The number of esters is 1. The van der Waals surface area contributed by atoms with E-state index < -0.39 is 23.9 Å². The third-order valence-electron chi connectivity index (χ3n) is 5.16. The summed E-state index contributed by atoms with van der Waals surface area (Å²) >= 11 is 0. The summed E-state index contributed by atoms with van der Waals surface area (Å²) in [5.41, 5.74) is 4.11. The number of hydrazone groups is 1. The fourth-order valence-corrected chi connectivity index (χ4v) is 3.44. The highest BCUT2D eigenvalue weighted by Gasteiger charge is 2.32. The Labute approximate surface area is 206 Å². The number of urea groups is 1. The van der Waals surface area contributed by atoms with E-state index in [1.165, 1.54) is 33.6 Å². The molecule has 3 rings (SSSR count). The lowest BCUT2D eigenvalue weighted by Crippen LogP contribution is -2.45. The Hall–Kier alpha value is -4.74. The fraction of sp³-hybridized carbons (Fsp3) is 0.250. The number of benzene rings is 2. The Balaban J connectivity index is 1.67. The minimum Gasteiger partial charge on any atom is -0.504 e. The predicted molar refractivity (Wildman–Crippen MR) is 128 cm³/mol. The van der Waals surface area contributed by atoms with Crippen LogP contribution < -0.4 is 30.3 Å². The molecular formula is C24H26N4O8. The molecule has 2 aromatic carbocycles. The van der Waals surface area contributed by atoms with Crippen molar-refractivity contribution in [2.45, 2.75) is 13.0 Å². The second-order valence-corrected chi connectivity index (χ2v) is 7.49. The molecule has 0 unspecified atom stereocenters. The molecule has 2 aromatic rings. The van der Waals surface area contributed by atoms with Gasteiger partial charge >= 0.3 is 12.0 Å². The van der Waals surface area contributed by atoms with E-state index in [2.05, 4.69) is 21.2 Å². The van der Waals surface area contributed by atoms with Crippen LogP contribution in [0.4, 0.5) is 4.79 Å². The van der Waals surface area contributed by atoms with E-state index >= 15 is 0 Å². The maximum Gasteiger partial charge on any atom is 0.337 e. The first-order chi connectivity index (χ1) is 17.3. The van der Waals surface area contributed by atoms with Gasteiger partial charge in [-0.2, -0.15) is 5.10 Å². The van der Waals surface area contributed by atoms with Crippen molar-refractivity contribution < 1.29 is 38.4 Å². The number of hydrogen-bond donors (Lipinski definition) is 4.